The lowest BCUT2D eigenvalue weighted by molar-refractivity contribution is 1.31. The fraction of sp³-hybridized carbons (Fsp3) is 0. The highest BCUT2D eigenvalue weighted by Gasteiger charge is 1.97. The Hall–Kier alpha value is -1.16. The number of nitrogens with one attached hydrogen (secondary N) is 1. The van der Waals surface area contributed by atoms with Gasteiger partial charge in [-0.25, -0.2) is 9.36 Å². The summed E-state index contributed by atoms with van der Waals surface area (Å²) in [6.07, 6.45) is 5.32. The van der Waals surface area contributed by atoms with E-state index in [1.807, 2.05) is 5.38 Å². The van der Waals surface area contributed by atoms with Crippen LogP contribution in [-0.2, 0) is 0 Å². The molecule has 0 amide bonds. The predicted molar refractivity (Wildman–Crippen MR) is 39.7 cm³/mol. The molecule has 0 aliphatic carbocycles. The number of rotatable bonds is 1. The van der Waals surface area contributed by atoms with Crippen LogP contribution in [0.4, 0.5) is 0 Å². The maximum atomic E-state index is 4.07. The Morgan fingerprint density at radius 1 is 1.50 bits per heavy atom. The van der Waals surface area contributed by atoms with Crippen molar-refractivity contribution in [2.45, 2.75) is 0 Å². The molecular formula is C6H5N3S. The Balaban J connectivity index is 2.48. The summed E-state index contributed by atoms with van der Waals surface area (Å²) < 4.78 is 3.96. The topological polar surface area (TPSA) is 41.6 Å². The number of nitrogens with zero attached hydrogens (tertiary/aromatic N) is 2. The molecular weight excluding hydrogens is 146 g/mol. The van der Waals surface area contributed by atoms with Gasteiger partial charge in [-0.3, -0.25) is 0 Å². The lowest BCUT2D eigenvalue weighted by Gasteiger charge is -1.84. The monoisotopic (exact) mass is 151 g/mol. The van der Waals surface area contributed by atoms with Gasteiger partial charge in [0.25, 0.3) is 0 Å². The number of aromatic amines is 1. The summed E-state index contributed by atoms with van der Waals surface area (Å²) in [7, 11) is 0. The van der Waals surface area contributed by atoms with Crippen LogP contribution >= 0.6 is 11.5 Å². The van der Waals surface area contributed by atoms with E-state index < -0.39 is 0 Å². The third kappa shape index (κ3) is 0.823. The van der Waals surface area contributed by atoms with E-state index in [-0.39, 0.29) is 0 Å². The maximum Gasteiger partial charge on any atom is 0.139 e. The molecule has 3 nitrogen and oxygen atoms in total. The molecule has 2 aromatic heterocycles. The summed E-state index contributed by atoms with van der Waals surface area (Å²) in [5.41, 5.74) is 1.05. The van der Waals surface area contributed by atoms with Crippen LogP contribution in [-0.4, -0.2) is 14.3 Å². The molecule has 2 aromatic rings. The zero-order valence-corrected chi connectivity index (χ0v) is 5.93. The number of H-pyrrole nitrogens is 1. The quantitative estimate of drug-likeness (QED) is 0.671. The molecule has 0 radical (unpaired) electrons. The van der Waals surface area contributed by atoms with E-state index in [0.717, 1.165) is 11.4 Å². The van der Waals surface area contributed by atoms with Gasteiger partial charge < -0.3 is 4.98 Å². The number of hydrogen-bond donors (Lipinski definition) is 1. The van der Waals surface area contributed by atoms with Crippen LogP contribution in [0.25, 0.3) is 11.4 Å². The van der Waals surface area contributed by atoms with Gasteiger partial charge in [0.15, 0.2) is 0 Å². The fourth-order valence-corrected chi connectivity index (χ4v) is 1.27. The van der Waals surface area contributed by atoms with E-state index in [1.165, 1.54) is 11.5 Å². The highest BCUT2D eigenvalue weighted by molar-refractivity contribution is 7.03. The molecule has 0 aliphatic heterocycles. The summed E-state index contributed by atoms with van der Waals surface area (Å²) in [4.78, 5) is 7.06. The Labute approximate surface area is 61.9 Å². The van der Waals surface area contributed by atoms with Crippen molar-refractivity contribution in [1.29, 1.82) is 0 Å². The number of hydrogen-bond acceptors (Lipinski definition) is 3. The molecule has 0 atom stereocenters. The number of imidazole rings is 1. The molecule has 1 N–H and O–H groups in total. The first-order valence-corrected chi connectivity index (χ1v) is 3.69. The molecule has 0 saturated heterocycles. The van der Waals surface area contributed by atoms with Crippen LogP contribution < -0.4 is 0 Å². The van der Waals surface area contributed by atoms with Crippen LogP contribution in [0.2, 0.25) is 0 Å². The van der Waals surface area contributed by atoms with E-state index in [2.05, 4.69) is 14.3 Å². The SMILES string of the molecule is c1c[nH]c(-c2cnsc2)n1. The van der Waals surface area contributed by atoms with E-state index in [9.17, 15) is 0 Å². The molecule has 0 spiro atoms. The van der Waals surface area contributed by atoms with Crippen LogP contribution in [0.3, 0.4) is 0 Å². The van der Waals surface area contributed by atoms with Crippen molar-refractivity contribution < 1.29 is 0 Å². The van der Waals surface area contributed by atoms with Gasteiger partial charge in [-0.15, -0.1) is 0 Å². The summed E-state index contributed by atoms with van der Waals surface area (Å²) >= 11 is 1.43. The lowest BCUT2D eigenvalue weighted by atomic mass is 10.4. The van der Waals surface area contributed by atoms with Crippen molar-refractivity contribution >= 4 is 11.5 Å². The van der Waals surface area contributed by atoms with Crippen molar-refractivity contribution in [2.24, 2.45) is 0 Å². The molecule has 2 rings (SSSR count). The minimum absolute atomic E-state index is 0.883. The Morgan fingerprint density at radius 2 is 2.50 bits per heavy atom. The molecule has 4 heteroatoms. The zero-order chi connectivity index (χ0) is 6.81. The molecule has 0 aromatic carbocycles. The van der Waals surface area contributed by atoms with Gasteiger partial charge in [-0.1, -0.05) is 0 Å². The third-order valence-corrected chi connectivity index (χ3v) is 1.79. The molecule has 0 fully saturated rings. The first-order chi connectivity index (χ1) is 4.97. The molecule has 2 heterocycles. The van der Waals surface area contributed by atoms with Gasteiger partial charge in [0.2, 0.25) is 0 Å². The largest absolute Gasteiger partial charge is 0.345 e. The van der Waals surface area contributed by atoms with Gasteiger partial charge in [-0.05, 0) is 11.5 Å². The molecule has 0 saturated carbocycles. The highest BCUT2D eigenvalue weighted by Crippen LogP contribution is 2.14. The Morgan fingerprint density at radius 3 is 3.10 bits per heavy atom. The summed E-state index contributed by atoms with van der Waals surface area (Å²) in [6.45, 7) is 0. The second kappa shape index (κ2) is 2.22. The van der Waals surface area contributed by atoms with Crippen molar-refractivity contribution in [3.8, 4) is 11.4 Å². The lowest BCUT2D eigenvalue weighted by Crippen LogP contribution is -1.73. The standard InChI is InChI=1S/C6H5N3S/c1-2-8-6(7-1)5-3-9-10-4-5/h1-4H,(H,7,8). The predicted octanol–water partition coefficient (Wildman–Crippen LogP) is 1.53. The van der Waals surface area contributed by atoms with Gasteiger partial charge in [-0.2, -0.15) is 0 Å². The van der Waals surface area contributed by atoms with Gasteiger partial charge in [0.1, 0.15) is 5.82 Å². The molecule has 0 aliphatic rings. The Bertz CT molecular complexity index is 252. The minimum Gasteiger partial charge on any atom is -0.345 e. The summed E-state index contributed by atoms with van der Waals surface area (Å²) in [6, 6.07) is 0. The summed E-state index contributed by atoms with van der Waals surface area (Å²) in [5, 5.41) is 1.96. The van der Waals surface area contributed by atoms with Crippen LogP contribution in [0.5, 0.6) is 0 Å². The first-order valence-electron chi connectivity index (χ1n) is 2.86. The molecule has 50 valence electrons. The Kier molecular flexibility index (Phi) is 1.25. The van der Waals surface area contributed by atoms with Crippen molar-refractivity contribution in [1.82, 2.24) is 14.3 Å². The second-order valence-corrected chi connectivity index (χ2v) is 2.51. The van der Waals surface area contributed by atoms with Crippen molar-refractivity contribution in [3.63, 3.8) is 0 Å². The van der Waals surface area contributed by atoms with E-state index in [0.29, 0.717) is 0 Å². The maximum absolute atomic E-state index is 4.07. The van der Waals surface area contributed by atoms with Crippen molar-refractivity contribution in [3.05, 3.63) is 24.0 Å². The van der Waals surface area contributed by atoms with E-state index in [4.69, 9.17) is 0 Å². The average Bonchev–Trinajstić information content (AvgIpc) is 2.59. The van der Waals surface area contributed by atoms with E-state index >= 15 is 0 Å². The molecule has 0 unspecified atom stereocenters. The van der Waals surface area contributed by atoms with Crippen LogP contribution in [0.1, 0.15) is 0 Å². The average molecular weight is 151 g/mol. The normalized spacial score (nSPS) is 10.0. The van der Waals surface area contributed by atoms with Gasteiger partial charge in [0.05, 0.1) is 6.20 Å². The second-order valence-electron chi connectivity index (χ2n) is 1.85. The first kappa shape index (κ1) is 5.61. The van der Waals surface area contributed by atoms with Crippen LogP contribution in [0, 0.1) is 0 Å². The third-order valence-electron chi connectivity index (χ3n) is 1.20. The zero-order valence-electron chi connectivity index (χ0n) is 5.11. The fourth-order valence-electron chi connectivity index (χ4n) is 0.745. The van der Waals surface area contributed by atoms with Gasteiger partial charge in [0, 0.05) is 23.3 Å². The van der Waals surface area contributed by atoms with Crippen LogP contribution in [0.15, 0.2) is 24.0 Å². The minimum atomic E-state index is 0.883. The van der Waals surface area contributed by atoms with Gasteiger partial charge >= 0.3 is 0 Å². The summed E-state index contributed by atoms with van der Waals surface area (Å²) in [5.74, 6) is 0.883. The smallest absolute Gasteiger partial charge is 0.139 e. The molecule has 0 bridgehead atoms. The molecule has 10 heavy (non-hydrogen) atoms. The highest BCUT2D eigenvalue weighted by atomic mass is 32.1. The van der Waals surface area contributed by atoms with Crippen molar-refractivity contribution in [2.75, 3.05) is 0 Å². The van der Waals surface area contributed by atoms with E-state index in [1.54, 1.807) is 18.6 Å². The number of aromatic nitrogens is 3.